The van der Waals surface area contributed by atoms with Gasteiger partial charge in [-0.25, -0.2) is 4.39 Å². The number of hydrogen-bond acceptors (Lipinski definition) is 1. The number of rotatable bonds is 2. The highest BCUT2D eigenvalue weighted by molar-refractivity contribution is 5.41. The molecule has 1 nitrogen and oxygen atoms in total. The van der Waals surface area contributed by atoms with Gasteiger partial charge in [0.05, 0.1) is 5.60 Å². The van der Waals surface area contributed by atoms with Crippen molar-refractivity contribution >= 4 is 0 Å². The lowest BCUT2D eigenvalue weighted by Crippen LogP contribution is -2.41. The second-order valence-corrected chi connectivity index (χ2v) is 7.38. The molecule has 0 amide bonds. The molecule has 1 aliphatic rings. The fraction of sp³-hybridized carbons (Fsp3) is 0.750. The first-order chi connectivity index (χ1) is 7.89. The van der Waals surface area contributed by atoms with Crippen LogP contribution in [0.2, 0.25) is 0 Å². The second kappa shape index (κ2) is 4.48. The van der Waals surface area contributed by atoms with Crippen LogP contribution in [-0.2, 0) is 0 Å². The number of halogens is 1. The van der Waals surface area contributed by atoms with E-state index in [-0.39, 0.29) is 11.2 Å². The minimum absolute atomic E-state index is 0.110. The molecule has 0 aromatic heterocycles. The first-order valence-corrected chi connectivity index (χ1v) is 6.71. The highest BCUT2D eigenvalue weighted by Gasteiger charge is 2.42. The maximum atomic E-state index is 14.7. The topological polar surface area (TPSA) is 20.2 Å². The summed E-state index contributed by atoms with van der Waals surface area (Å²) in [6, 6.07) is 0. The van der Waals surface area contributed by atoms with E-state index >= 15 is 0 Å². The molecule has 1 rings (SSSR count). The summed E-state index contributed by atoms with van der Waals surface area (Å²) in [6.07, 6.45) is 3.58. The van der Waals surface area contributed by atoms with Gasteiger partial charge < -0.3 is 5.11 Å². The van der Waals surface area contributed by atoms with Crippen LogP contribution >= 0.6 is 0 Å². The lowest BCUT2D eigenvalue weighted by atomic mass is 9.67. The van der Waals surface area contributed by atoms with E-state index in [1.54, 1.807) is 13.8 Å². The van der Waals surface area contributed by atoms with Crippen LogP contribution in [0.15, 0.2) is 23.0 Å². The van der Waals surface area contributed by atoms with Crippen molar-refractivity contribution < 1.29 is 9.50 Å². The Hall–Kier alpha value is -0.630. The molecule has 104 valence electrons. The van der Waals surface area contributed by atoms with Crippen LogP contribution in [0.4, 0.5) is 4.39 Å². The molecular formula is C16H27FO. The van der Waals surface area contributed by atoms with Crippen LogP contribution < -0.4 is 0 Å². The van der Waals surface area contributed by atoms with Crippen LogP contribution in [0.5, 0.6) is 0 Å². The third kappa shape index (κ3) is 2.69. The molecule has 0 atom stereocenters. The zero-order valence-corrected chi connectivity index (χ0v) is 12.8. The maximum absolute atomic E-state index is 14.7. The number of hydrogen-bond donors (Lipinski definition) is 1. The van der Waals surface area contributed by atoms with E-state index in [0.29, 0.717) is 5.57 Å². The lowest BCUT2D eigenvalue weighted by Gasteiger charge is -2.41. The van der Waals surface area contributed by atoms with Gasteiger partial charge in [0.15, 0.2) is 0 Å². The van der Waals surface area contributed by atoms with Gasteiger partial charge in [-0.2, -0.15) is 0 Å². The minimum atomic E-state index is -0.948. The van der Waals surface area contributed by atoms with Crippen LogP contribution in [0, 0.1) is 10.8 Å². The summed E-state index contributed by atoms with van der Waals surface area (Å²) in [6.45, 7) is 13.4. The first kappa shape index (κ1) is 15.4. The van der Waals surface area contributed by atoms with E-state index < -0.39 is 11.0 Å². The van der Waals surface area contributed by atoms with Gasteiger partial charge in [-0.1, -0.05) is 40.7 Å². The van der Waals surface area contributed by atoms with Crippen LogP contribution in [-0.4, -0.2) is 10.7 Å². The summed E-state index contributed by atoms with van der Waals surface area (Å²) in [5, 5.41) is 10.3. The standard InChI is InChI=1S/C16H27FO/c1-14(2,3)11-9-8-10-12(13(11)17)15(4,5)16(6,7)18/h10,18H,8-9H2,1-7H3. The molecule has 0 bridgehead atoms. The van der Waals surface area contributed by atoms with Gasteiger partial charge in [-0.3, -0.25) is 0 Å². The summed E-state index contributed by atoms with van der Waals surface area (Å²) in [5.74, 6) is -0.110. The largest absolute Gasteiger partial charge is 0.390 e. The minimum Gasteiger partial charge on any atom is -0.390 e. The molecule has 1 N–H and O–H groups in total. The summed E-state index contributed by atoms with van der Waals surface area (Å²) in [5.41, 5.74) is -0.160. The summed E-state index contributed by atoms with van der Waals surface area (Å²) < 4.78 is 14.7. The fourth-order valence-electron chi connectivity index (χ4n) is 2.29. The monoisotopic (exact) mass is 254 g/mol. The quantitative estimate of drug-likeness (QED) is 0.752. The Morgan fingerprint density at radius 1 is 1.06 bits per heavy atom. The normalized spacial score (nSPS) is 19.1. The van der Waals surface area contributed by atoms with E-state index in [9.17, 15) is 9.50 Å². The third-order valence-corrected chi connectivity index (χ3v) is 4.35. The van der Waals surface area contributed by atoms with Gasteiger partial charge >= 0.3 is 0 Å². The van der Waals surface area contributed by atoms with Gasteiger partial charge in [-0.15, -0.1) is 0 Å². The highest BCUT2D eigenvalue weighted by Crippen LogP contribution is 2.47. The molecule has 0 aromatic carbocycles. The molecule has 0 aliphatic heterocycles. The average molecular weight is 254 g/mol. The van der Waals surface area contributed by atoms with Crippen molar-refractivity contribution in [3.63, 3.8) is 0 Å². The Balaban J connectivity index is 3.28. The van der Waals surface area contributed by atoms with E-state index in [2.05, 4.69) is 0 Å². The Morgan fingerprint density at radius 3 is 1.94 bits per heavy atom. The van der Waals surface area contributed by atoms with E-state index in [0.717, 1.165) is 18.4 Å². The smallest absolute Gasteiger partial charge is 0.126 e. The Kier molecular flexibility index (Phi) is 3.84. The molecular weight excluding hydrogens is 227 g/mol. The Morgan fingerprint density at radius 2 is 1.56 bits per heavy atom. The van der Waals surface area contributed by atoms with Crippen LogP contribution in [0.1, 0.15) is 61.3 Å². The van der Waals surface area contributed by atoms with Crippen molar-refractivity contribution in [2.45, 2.75) is 66.9 Å². The van der Waals surface area contributed by atoms with Gasteiger partial charge in [-0.05, 0) is 43.3 Å². The summed E-state index contributed by atoms with van der Waals surface area (Å²) >= 11 is 0. The summed E-state index contributed by atoms with van der Waals surface area (Å²) in [7, 11) is 0. The molecule has 0 unspecified atom stereocenters. The average Bonchev–Trinajstić information content (AvgIpc) is 2.13. The number of allylic oxidation sites excluding steroid dienone is 3. The molecule has 0 heterocycles. The molecule has 0 radical (unpaired) electrons. The molecule has 0 saturated heterocycles. The predicted octanol–water partition coefficient (Wildman–Crippen LogP) is 4.77. The van der Waals surface area contributed by atoms with Crippen molar-refractivity contribution in [2.75, 3.05) is 0 Å². The zero-order valence-electron chi connectivity index (χ0n) is 12.8. The lowest BCUT2D eigenvalue weighted by molar-refractivity contribution is -0.0144. The summed E-state index contributed by atoms with van der Waals surface area (Å²) in [4.78, 5) is 0. The van der Waals surface area contributed by atoms with Crippen molar-refractivity contribution in [2.24, 2.45) is 10.8 Å². The molecule has 0 saturated carbocycles. The molecule has 0 spiro atoms. The first-order valence-electron chi connectivity index (χ1n) is 6.71. The fourth-order valence-corrected chi connectivity index (χ4v) is 2.29. The zero-order chi connectivity index (χ0) is 14.4. The van der Waals surface area contributed by atoms with E-state index in [1.807, 2.05) is 40.7 Å². The predicted molar refractivity (Wildman–Crippen MR) is 75.0 cm³/mol. The van der Waals surface area contributed by atoms with Crippen LogP contribution in [0.25, 0.3) is 0 Å². The van der Waals surface area contributed by atoms with Crippen molar-refractivity contribution in [3.8, 4) is 0 Å². The molecule has 0 fully saturated rings. The number of aliphatic hydroxyl groups is 1. The molecule has 1 aliphatic carbocycles. The van der Waals surface area contributed by atoms with Crippen molar-refractivity contribution in [1.82, 2.24) is 0 Å². The SMILES string of the molecule is CC(C)(C)C1=C(F)C(C(C)(C)C(C)(C)O)=CCC1. The Bertz CT molecular complexity index is 386. The highest BCUT2D eigenvalue weighted by atomic mass is 19.1. The Labute approximate surface area is 111 Å². The van der Waals surface area contributed by atoms with Gasteiger partial charge in [0.25, 0.3) is 0 Å². The van der Waals surface area contributed by atoms with Crippen molar-refractivity contribution in [3.05, 3.63) is 23.0 Å². The maximum Gasteiger partial charge on any atom is 0.126 e. The molecule has 2 heteroatoms. The molecule has 0 aromatic rings. The van der Waals surface area contributed by atoms with Gasteiger partial charge in [0.1, 0.15) is 5.83 Å². The third-order valence-electron chi connectivity index (χ3n) is 4.35. The van der Waals surface area contributed by atoms with Crippen molar-refractivity contribution in [1.29, 1.82) is 0 Å². The second-order valence-electron chi connectivity index (χ2n) is 7.38. The van der Waals surface area contributed by atoms with Gasteiger partial charge in [0, 0.05) is 5.41 Å². The molecule has 18 heavy (non-hydrogen) atoms. The van der Waals surface area contributed by atoms with Crippen LogP contribution in [0.3, 0.4) is 0 Å². The van der Waals surface area contributed by atoms with E-state index in [4.69, 9.17) is 0 Å². The van der Waals surface area contributed by atoms with Gasteiger partial charge in [0.2, 0.25) is 0 Å². The van der Waals surface area contributed by atoms with E-state index in [1.165, 1.54) is 0 Å².